The first-order chi connectivity index (χ1) is 11.7. The van der Waals surface area contributed by atoms with Gasteiger partial charge in [-0.25, -0.2) is 4.79 Å². The third kappa shape index (κ3) is 5.05. The van der Waals surface area contributed by atoms with Crippen molar-refractivity contribution < 1.29 is 9.59 Å². The second-order valence-electron chi connectivity index (χ2n) is 5.83. The number of nitrogens with zero attached hydrogens (tertiary/aromatic N) is 3. The Morgan fingerprint density at radius 1 is 1.04 bits per heavy atom. The maximum atomic E-state index is 12.3. The Bertz CT molecular complexity index is 650. The van der Waals surface area contributed by atoms with E-state index in [1.54, 1.807) is 19.0 Å². The van der Waals surface area contributed by atoms with Gasteiger partial charge < -0.3 is 15.1 Å². The van der Waals surface area contributed by atoms with Crippen LogP contribution in [0.1, 0.15) is 0 Å². The van der Waals surface area contributed by atoms with E-state index in [-0.39, 0.29) is 44.3 Å². The normalized spacial score (nSPS) is 15.2. The second kappa shape index (κ2) is 8.64. The van der Waals surface area contributed by atoms with Crippen LogP contribution >= 0.6 is 46.4 Å². The lowest BCUT2D eigenvalue weighted by Gasteiger charge is -2.35. The van der Waals surface area contributed by atoms with Crippen LogP contribution in [0.15, 0.2) is 6.07 Å². The van der Waals surface area contributed by atoms with Crippen LogP contribution in [-0.4, -0.2) is 73.5 Å². The van der Waals surface area contributed by atoms with Crippen LogP contribution < -0.4 is 5.32 Å². The molecule has 1 fully saturated rings. The number of carbonyl (C=O) groups excluding carboxylic acids is 2. The molecule has 0 atom stereocenters. The molecule has 1 saturated heterocycles. The van der Waals surface area contributed by atoms with Gasteiger partial charge in [0, 0.05) is 40.3 Å². The lowest BCUT2D eigenvalue weighted by Crippen LogP contribution is -2.52. The number of anilines is 1. The fourth-order valence-electron chi connectivity index (χ4n) is 2.45. The summed E-state index contributed by atoms with van der Waals surface area (Å²) in [6.45, 7) is 2.49. The monoisotopic (exact) mass is 426 g/mol. The van der Waals surface area contributed by atoms with Gasteiger partial charge in [0.2, 0.25) is 5.91 Å². The van der Waals surface area contributed by atoms with Crippen LogP contribution in [0.3, 0.4) is 0 Å². The molecule has 3 amide bonds. The van der Waals surface area contributed by atoms with Gasteiger partial charge >= 0.3 is 6.03 Å². The molecule has 1 aromatic rings. The third-order valence-corrected chi connectivity index (χ3v) is 5.34. The molecular formula is C15H18Cl4N4O2. The van der Waals surface area contributed by atoms with Gasteiger partial charge in [0.05, 0.1) is 32.3 Å². The standard InChI is InChI=1S/C15H18Cl4N4O2/c1-21(2)15(25)23-5-3-22(4-6-23)8-11(24)20-14-12(18)9(16)7-10(17)13(14)19/h7H,3-6,8H2,1-2H3,(H,20,24). The van der Waals surface area contributed by atoms with Gasteiger partial charge in [0.1, 0.15) is 0 Å². The van der Waals surface area contributed by atoms with Crippen LogP contribution in [0.2, 0.25) is 20.1 Å². The number of hydrogen-bond donors (Lipinski definition) is 1. The van der Waals surface area contributed by atoms with Gasteiger partial charge in [-0.15, -0.1) is 0 Å². The first-order valence-corrected chi connectivity index (χ1v) is 9.03. The fraction of sp³-hybridized carbons (Fsp3) is 0.467. The van der Waals surface area contributed by atoms with E-state index in [9.17, 15) is 9.59 Å². The average Bonchev–Trinajstić information content (AvgIpc) is 2.57. The van der Waals surface area contributed by atoms with E-state index >= 15 is 0 Å². The number of nitrogens with one attached hydrogen (secondary N) is 1. The van der Waals surface area contributed by atoms with Gasteiger partial charge in [-0.3, -0.25) is 9.69 Å². The number of benzene rings is 1. The summed E-state index contributed by atoms with van der Waals surface area (Å²) >= 11 is 24.1. The number of rotatable bonds is 3. The molecule has 1 aromatic carbocycles. The van der Waals surface area contributed by atoms with E-state index in [0.717, 1.165) is 0 Å². The molecule has 0 bridgehead atoms. The molecule has 138 valence electrons. The molecule has 10 heteroatoms. The predicted molar refractivity (Wildman–Crippen MR) is 102 cm³/mol. The Balaban J connectivity index is 1.94. The van der Waals surface area contributed by atoms with Crippen molar-refractivity contribution in [2.75, 3.05) is 52.1 Å². The zero-order valence-electron chi connectivity index (χ0n) is 13.8. The number of piperazine rings is 1. The molecule has 1 heterocycles. The molecule has 0 saturated carbocycles. The Morgan fingerprint density at radius 3 is 2.04 bits per heavy atom. The van der Waals surface area contributed by atoms with Gasteiger partial charge in [-0.1, -0.05) is 46.4 Å². The minimum absolute atomic E-state index is 0.0313. The molecule has 0 spiro atoms. The molecule has 0 aliphatic carbocycles. The molecule has 0 unspecified atom stereocenters. The molecule has 25 heavy (non-hydrogen) atoms. The zero-order chi connectivity index (χ0) is 18.7. The highest BCUT2D eigenvalue weighted by molar-refractivity contribution is 6.50. The topological polar surface area (TPSA) is 55.9 Å². The van der Waals surface area contributed by atoms with E-state index in [1.807, 2.05) is 4.90 Å². The fourth-order valence-corrected chi connectivity index (χ4v) is 3.35. The summed E-state index contributed by atoms with van der Waals surface area (Å²) in [5.74, 6) is -0.283. The molecule has 6 nitrogen and oxygen atoms in total. The van der Waals surface area contributed by atoms with Crippen molar-refractivity contribution in [3.05, 3.63) is 26.2 Å². The number of hydrogen-bond acceptors (Lipinski definition) is 3. The summed E-state index contributed by atoms with van der Waals surface area (Å²) < 4.78 is 0. The molecule has 0 aromatic heterocycles. The van der Waals surface area contributed by atoms with Gasteiger partial charge in [-0.2, -0.15) is 0 Å². The number of amides is 3. The van der Waals surface area contributed by atoms with Crippen molar-refractivity contribution >= 4 is 64.0 Å². The summed E-state index contributed by atoms with van der Waals surface area (Å²) in [5, 5.41) is 3.37. The highest BCUT2D eigenvalue weighted by Crippen LogP contribution is 2.40. The van der Waals surface area contributed by atoms with Crippen molar-refractivity contribution in [1.82, 2.24) is 14.7 Å². The van der Waals surface area contributed by atoms with Crippen LogP contribution in [-0.2, 0) is 4.79 Å². The van der Waals surface area contributed by atoms with Crippen molar-refractivity contribution in [2.24, 2.45) is 0 Å². The van der Waals surface area contributed by atoms with E-state index in [4.69, 9.17) is 46.4 Å². The Morgan fingerprint density at radius 2 is 1.56 bits per heavy atom. The SMILES string of the molecule is CN(C)C(=O)N1CCN(CC(=O)Nc2c(Cl)c(Cl)cc(Cl)c2Cl)CC1. The van der Waals surface area contributed by atoms with Gasteiger partial charge in [0.15, 0.2) is 0 Å². The highest BCUT2D eigenvalue weighted by Gasteiger charge is 2.24. The lowest BCUT2D eigenvalue weighted by atomic mass is 10.3. The minimum Gasteiger partial charge on any atom is -0.331 e. The molecular weight excluding hydrogens is 410 g/mol. The van der Waals surface area contributed by atoms with Gasteiger partial charge in [0.25, 0.3) is 0 Å². The largest absolute Gasteiger partial charge is 0.331 e. The first-order valence-electron chi connectivity index (χ1n) is 7.52. The smallest absolute Gasteiger partial charge is 0.319 e. The molecule has 1 N–H and O–H groups in total. The molecule has 1 aliphatic rings. The van der Waals surface area contributed by atoms with E-state index in [2.05, 4.69) is 5.32 Å². The second-order valence-corrected chi connectivity index (χ2v) is 7.40. The zero-order valence-corrected chi connectivity index (χ0v) is 16.8. The van der Waals surface area contributed by atoms with Gasteiger partial charge in [-0.05, 0) is 6.07 Å². The Hall–Kier alpha value is -0.920. The highest BCUT2D eigenvalue weighted by atomic mass is 35.5. The van der Waals surface area contributed by atoms with Crippen molar-refractivity contribution in [2.45, 2.75) is 0 Å². The van der Waals surface area contributed by atoms with Crippen LogP contribution in [0.5, 0.6) is 0 Å². The summed E-state index contributed by atoms with van der Waals surface area (Å²) in [7, 11) is 3.43. The minimum atomic E-state index is -0.283. The van der Waals surface area contributed by atoms with Crippen LogP contribution in [0.25, 0.3) is 0 Å². The number of urea groups is 1. The lowest BCUT2D eigenvalue weighted by molar-refractivity contribution is -0.117. The maximum Gasteiger partial charge on any atom is 0.319 e. The number of carbonyl (C=O) groups is 2. The third-order valence-electron chi connectivity index (χ3n) is 3.77. The summed E-state index contributed by atoms with van der Waals surface area (Å²) in [5.41, 5.74) is 0.201. The maximum absolute atomic E-state index is 12.3. The quantitative estimate of drug-likeness (QED) is 0.750. The molecule has 2 rings (SSSR count). The molecule has 1 aliphatic heterocycles. The van der Waals surface area contributed by atoms with E-state index in [1.165, 1.54) is 11.0 Å². The molecule has 0 radical (unpaired) electrons. The van der Waals surface area contributed by atoms with E-state index < -0.39 is 0 Å². The van der Waals surface area contributed by atoms with Crippen LogP contribution in [0.4, 0.5) is 10.5 Å². The first kappa shape index (κ1) is 20.4. The van der Waals surface area contributed by atoms with E-state index in [0.29, 0.717) is 26.2 Å². The summed E-state index contributed by atoms with van der Waals surface area (Å²) in [6, 6.07) is 1.39. The average molecular weight is 428 g/mol. The Labute approximate surface area is 166 Å². The van der Waals surface area contributed by atoms with Crippen molar-refractivity contribution in [1.29, 1.82) is 0 Å². The summed E-state index contributed by atoms with van der Waals surface area (Å²) in [6.07, 6.45) is 0. The van der Waals surface area contributed by atoms with Crippen molar-refractivity contribution in [3.8, 4) is 0 Å². The van der Waals surface area contributed by atoms with Crippen molar-refractivity contribution in [3.63, 3.8) is 0 Å². The Kier molecular flexibility index (Phi) is 7.05. The van der Waals surface area contributed by atoms with Crippen LogP contribution in [0, 0.1) is 0 Å². The number of halogens is 4. The summed E-state index contributed by atoms with van der Waals surface area (Å²) in [4.78, 5) is 29.4. The predicted octanol–water partition coefficient (Wildman–Crippen LogP) is 3.54.